The van der Waals surface area contributed by atoms with Gasteiger partial charge in [0.2, 0.25) is 5.95 Å². The summed E-state index contributed by atoms with van der Waals surface area (Å²) >= 11 is 0. The first kappa shape index (κ1) is 14.9. The monoisotopic (exact) mass is 286 g/mol. The maximum absolute atomic E-state index is 11.4. The SMILES string of the molecule is CCNc1nc(C)c([N+](=O)[O-])c(-c2ccc(C)cc2C)n1. The molecule has 6 nitrogen and oxygen atoms in total. The molecule has 2 rings (SSSR count). The van der Waals surface area contributed by atoms with E-state index in [1.807, 2.05) is 39.0 Å². The maximum Gasteiger partial charge on any atom is 0.316 e. The van der Waals surface area contributed by atoms with Crippen LogP contribution in [0.25, 0.3) is 11.3 Å². The molecule has 0 aliphatic rings. The van der Waals surface area contributed by atoms with Crippen molar-refractivity contribution in [3.63, 3.8) is 0 Å². The van der Waals surface area contributed by atoms with Gasteiger partial charge in [-0.15, -0.1) is 0 Å². The summed E-state index contributed by atoms with van der Waals surface area (Å²) < 4.78 is 0. The molecular formula is C15H18N4O2. The number of aromatic nitrogens is 2. The van der Waals surface area contributed by atoms with Crippen molar-refractivity contribution in [2.75, 3.05) is 11.9 Å². The van der Waals surface area contributed by atoms with E-state index >= 15 is 0 Å². The quantitative estimate of drug-likeness (QED) is 0.688. The molecule has 110 valence electrons. The molecular weight excluding hydrogens is 268 g/mol. The summed E-state index contributed by atoms with van der Waals surface area (Å²) in [5.74, 6) is 0.413. The summed E-state index contributed by atoms with van der Waals surface area (Å²) in [7, 11) is 0. The Balaban J connectivity index is 2.72. The van der Waals surface area contributed by atoms with E-state index in [-0.39, 0.29) is 5.69 Å². The van der Waals surface area contributed by atoms with Gasteiger partial charge in [-0.1, -0.05) is 23.8 Å². The molecule has 1 aromatic heterocycles. The fraction of sp³-hybridized carbons (Fsp3) is 0.333. The lowest BCUT2D eigenvalue weighted by Crippen LogP contribution is -2.08. The Hall–Kier alpha value is -2.50. The molecule has 1 heterocycles. The maximum atomic E-state index is 11.4. The first-order valence-electron chi connectivity index (χ1n) is 6.78. The number of hydrogen-bond donors (Lipinski definition) is 1. The van der Waals surface area contributed by atoms with Crippen molar-refractivity contribution in [3.8, 4) is 11.3 Å². The highest BCUT2D eigenvalue weighted by molar-refractivity contribution is 5.74. The van der Waals surface area contributed by atoms with Gasteiger partial charge in [-0.25, -0.2) is 9.97 Å². The summed E-state index contributed by atoms with van der Waals surface area (Å²) in [6.07, 6.45) is 0. The van der Waals surface area contributed by atoms with Crippen LogP contribution in [0.1, 0.15) is 23.7 Å². The number of nitrogens with zero attached hydrogens (tertiary/aromatic N) is 3. The van der Waals surface area contributed by atoms with Crippen molar-refractivity contribution in [3.05, 3.63) is 45.1 Å². The molecule has 0 amide bonds. The zero-order valence-electron chi connectivity index (χ0n) is 12.6. The van der Waals surface area contributed by atoms with E-state index in [0.717, 1.165) is 16.7 Å². The molecule has 21 heavy (non-hydrogen) atoms. The Morgan fingerprint density at radius 3 is 2.52 bits per heavy atom. The number of aryl methyl sites for hydroxylation is 3. The van der Waals surface area contributed by atoms with Crippen molar-refractivity contribution in [1.82, 2.24) is 9.97 Å². The molecule has 0 aliphatic heterocycles. The molecule has 0 spiro atoms. The molecule has 0 saturated carbocycles. The van der Waals surface area contributed by atoms with Crippen LogP contribution in [0.2, 0.25) is 0 Å². The minimum Gasteiger partial charge on any atom is -0.354 e. The Morgan fingerprint density at radius 1 is 1.24 bits per heavy atom. The van der Waals surface area contributed by atoms with Gasteiger partial charge in [-0.05, 0) is 33.3 Å². The number of rotatable bonds is 4. The highest BCUT2D eigenvalue weighted by Gasteiger charge is 2.24. The van der Waals surface area contributed by atoms with Gasteiger partial charge >= 0.3 is 5.69 Å². The van der Waals surface area contributed by atoms with Gasteiger partial charge in [-0.3, -0.25) is 10.1 Å². The van der Waals surface area contributed by atoms with Crippen LogP contribution in [0.3, 0.4) is 0 Å². The normalized spacial score (nSPS) is 10.5. The Morgan fingerprint density at radius 2 is 1.95 bits per heavy atom. The average Bonchev–Trinajstić information content (AvgIpc) is 2.37. The number of anilines is 1. The Labute approximate surface area is 123 Å². The number of benzene rings is 1. The highest BCUT2D eigenvalue weighted by atomic mass is 16.6. The standard InChI is InChI=1S/C15H18N4O2/c1-5-16-15-17-11(4)14(19(20)21)13(18-15)12-7-6-9(2)8-10(12)3/h6-8H,5H2,1-4H3,(H,16,17,18). The van der Waals surface area contributed by atoms with E-state index in [1.54, 1.807) is 6.92 Å². The molecule has 0 fully saturated rings. The summed E-state index contributed by atoms with van der Waals surface area (Å²) in [4.78, 5) is 19.4. The lowest BCUT2D eigenvalue weighted by Gasteiger charge is -2.10. The molecule has 6 heteroatoms. The summed E-state index contributed by atoms with van der Waals surface area (Å²) in [6, 6.07) is 5.79. The van der Waals surface area contributed by atoms with E-state index in [4.69, 9.17) is 0 Å². The molecule has 0 aliphatic carbocycles. The highest BCUT2D eigenvalue weighted by Crippen LogP contribution is 2.33. The predicted molar refractivity (Wildman–Crippen MR) is 82.5 cm³/mol. The smallest absolute Gasteiger partial charge is 0.316 e. The lowest BCUT2D eigenvalue weighted by molar-refractivity contribution is -0.385. The van der Waals surface area contributed by atoms with Crippen LogP contribution in [0.4, 0.5) is 11.6 Å². The first-order valence-corrected chi connectivity index (χ1v) is 6.78. The summed E-state index contributed by atoms with van der Waals surface area (Å²) in [6.45, 7) is 8.13. The van der Waals surface area contributed by atoms with Crippen LogP contribution in [-0.2, 0) is 0 Å². The van der Waals surface area contributed by atoms with Crippen LogP contribution >= 0.6 is 0 Å². The van der Waals surface area contributed by atoms with Crippen molar-refractivity contribution in [2.45, 2.75) is 27.7 Å². The van der Waals surface area contributed by atoms with E-state index in [9.17, 15) is 10.1 Å². The second-order valence-electron chi connectivity index (χ2n) is 4.94. The second-order valence-corrected chi connectivity index (χ2v) is 4.94. The van der Waals surface area contributed by atoms with Crippen molar-refractivity contribution in [1.29, 1.82) is 0 Å². The Bertz CT molecular complexity index is 698. The molecule has 0 saturated heterocycles. The number of nitro groups is 1. The predicted octanol–water partition coefficient (Wildman–Crippen LogP) is 3.41. The second kappa shape index (κ2) is 5.87. The largest absolute Gasteiger partial charge is 0.354 e. The van der Waals surface area contributed by atoms with Gasteiger partial charge in [0.25, 0.3) is 0 Å². The molecule has 2 aromatic rings. The fourth-order valence-electron chi connectivity index (χ4n) is 2.29. The van der Waals surface area contributed by atoms with Gasteiger partial charge in [-0.2, -0.15) is 0 Å². The molecule has 0 radical (unpaired) electrons. The molecule has 0 unspecified atom stereocenters. The van der Waals surface area contributed by atoms with Crippen molar-refractivity contribution >= 4 is 11.6 Å². The third-order valence-corrected chi connectivity index (χ3v) is 3.21. The van der Waals surface area contributed by atoms with Crippen LogP contribution in [0.5, 0.6) is 0 Å². The minimum absolute atomic E-state index is 0.0383. The number of nitrogens with one attached hydrogen (secondary N) is 1. The van der Waals surface area contributed by atoms with E-state index in [2.05, 4.69) is 15.3 Å². The molecule has 0 atom stereocenters. The topological polar surface area (TPSA) is 81.0 Å². The van der Waals surface area contributed by atoms with Gasteiger partial charge in [0.05, 0.1) is 4.92 Å². The van der Waals surface area contributed by atoms with Gasteiger partial charge in [0.15, 0.2) is 5.69 Å². The van der Waals surface area contributed by atoms with E-state index in [1.165, 1.54) is 0 Å². The zero-order valence-corrected chi connectivity index (χ0v) is 12.6. The van der Waals surface area contributed by atoms with Gasteiger partial charge < -0.3 is 5.32 Å². The van der Waals surface area contributed by atoms with Crippen LogP contribution in [0.15, 0.2) is 18.2 Å². The number of hydrogen-bond acceptors (Lipinski definition) is 5. The third-order valence-electron chi connectivity index (χ3n) is 3.21. The lowest BCUT2D eigenvalue weighted by atomic mass is 10.0. The Kier molecular flexibility index (Phi) is 4.16. The van der Waals surface area contributed by atoms with Gasteiger partial charge in [0.1, 0.15) is 5.69 Å². The van der Waals surface area contributed by atoms with Crippen molar-refractivity contribution < 1.29 is 4.92 Å². The average molecular weight is 286 g/mol. The van der Waals surface area contributed by atoms with Gasteiger partial charge in [0, 0.05) is 12.1 Å². The molecule has 0 bridgehead atoms. The summed E-state index contributed by atoms with van der Waals surface area (Å²) in [5.41, 5.74) is 3.51. The third kappa shape index (κ3) is 2.99. The molecule has 1 aromatic carbocycles. The van der Waals surface area contributed by atoms with Crippen LogP contribution in [0, 0.1) is 30.9 Å². The van der Waals surface area contributed by atoms with E-state index < -0.39 is 4.92 Å². The first-order chi connectivity index (χ1) is 9.93. The van der Waals surface area contributed by atoms with Crippen LogP contribution < -0.4 is 5.32 Å². The van der Waals surface area contributed by atoms with Crippen LogP contribution in [-0.4, -0.2) is 21.4 Å². The fourth-order valence-corrected chi connectivity index (χ4v) is 2.29. The minimum atomic E-state index is -0.417. The molecule has 1 N–H and O–H groups in total. The zero-order chi connectivity index (χ0) is 15.6. The van der Waals surface area contributed by atoms with Crippen molar-refractivity contribution in [2.24, 2.45) is 0 Å². The summed E-state index contributed by atoms with van der Waals surface area (Å²) in [5, 5.41) is 14.4. The van der Waals surface area contributed by atoms with E-state index in [0.29, 0.717) is 23.9 Å².